The largest absolute Gasteiger partial charge is 0.396 e. The van der Waals surface area contributed by atoms with Crippen molar-refractivity contribution in [1.29, 1.82) is 0 Å². The van der Waals surface area contributed by atoms with Crippen LogP contribution in [0.5, 0.6) is 0 Å². The fourth-order valence-electron chi connectivity index (χ4n) is 2.52. The predicted molar refractivity (Wildman–Crippen MR) is 66.1 cm³/mol. The highest BCUT2D eigenvalue weighted by Crippen LogP contribution is 2.28. The summed E-state index contributed by atoms with van der Waals surface area (Å²) in [7, 11) is 0. The zero-order chi connectivity index (χ0) is 11.4. The molecule has 1 saturated heterocycles. The summed E-state index contributed by atoms with van der Waals surface area (Å²) in [6.07, 6.45) is 2.21. The zero-order valence-corrected chi connectivity index (χ0v) is 9.97. The lowest BCUT2D eigenvalue weighted by atomic mass is 9.88. The van der Waals surface area contributed by atoms with Gasteiger partial charge in [0.2, 0.25) is 0 Å². The van der Waals surface area contributed by atoms with Crippen LogP contribution in [0.25, 0.3) is 0 Å². The van der Waals surface area contributed by atoms with Gasteiger partial charge in [-0.2, -0.15) is 0 Å². The van der Waals surface area contributed by atoms with Crippen LogP contribution in [0, 0.1) is 5.92 Å². The van der Waals surface area contributed by atoms with E-state index in [2.05, 4.69) is 42.2 Å². The third-order valence-corrected chi connectivity index (χ3v) is 3.65. The van der Waals surface area contributed by atoms with Crippen molar-refractivity contribution >= 4 is 0 Å². The van der Waals surface area contributed by atoms with Gasteiger partial charge in [0.15, 0.2) is 0 Å². The molecule has 88 valence electrons. The molecule has 1 heterocycles. The fraction of sp³-hybridized carbons (Fsp3) is 0.571. The predicted octanol–water partition coefficient (Wildman–Crippen LogP) is 2.28. The van der Waals surface area contributed by atoms with E-state index in [1.54, 1.807) is 0 Å². The molecule has 1 aromatic carbocycles. The van der Waals surface area contributed by atoms with E-state index in [1.807, 2.05) is 0 Å². The van der Waals surface area contributed by atoms with E-state index in [0.29, 0.717) is 18.6 Å². The Labute approximate surface area is 97.9 Å². The summed E-state index contributed by atoms with van der Waals surface area (Å²) in [6.45, 7) is 4.82. The molecular weight excluding hydrogens is 198 g/mol. The SMILES string of the molecule is CC(CCO)C1CCN1Cc1ccccc1. The quantitative estimate of drug-likeness (QED) is 0.821. The van der Waals surface area contributed by atoms with Gasteiger partial charge in [0.25, 0.3) is 0 Å². The fourth-order valence-corrected chi connectivity index (χ4v) is 2.52. The van der Waals surface area contributed by atoms with Gasteiger partial charge >= 0.3 is 0 Å². The van der Waals surface area contributed by atoms with Crippen LogP contribution >= 0.6 is 0 Å². The third kappa shape index (κ3) is 2.63. The van der Waals surface area contributed by atoms with Gasteiger partial charge in [-0.3, -0.25) is 4.90 Å². The Bertz CT molecular complexity index is 312. The third-order valence-electron chi connectivity index (χ3n) is 3.65. The van der Waals surface area contributed by atoms with E-state index in [9.17, 15) is 0 Å². The number of benzene rings is 1. The van der Waals surface area contributed by atoms with Gasteiger partial charge in [0.1, 0.15) is 0 Å². The molecule has 2 nitrogen and oxygen atoms in total. The van der Waals surface area contributed by atoms with Crippen LogP contribution in [0.15, 0.2) is 30.3 Å². The van der Waals surface area contributed by atoms with Gasteiger partial charge in [-0.25, -0.2) is 0 Å². The minimum absolute atomic E-state index is 0.316. The van der Waals surface area contributed by atoms with Crippen molar-refractivity contribution in [3.63, 3.8) is 0 Å². The lowest BCUT2D eigenvalue weighted by molar-refractivity contribution is 0.0339. The topological polar surface area (TPSA) is 23.5 Å². The van der Waals surface area contributed by atoms with E-state index < -0.39 is 0 Å². The molecule has 1 fully saturated rings. The highest BCUT2D eigenvalue weighted by molar-refractivity contribution is 5.15. The second-order valence-corrected chi connectivity index (χ2v) is 4.80. The minimum atomic E-state index is 0.316. The van der Waals surface area contributed by atoms with Crippen molar-refractivity contribution in [1.82, 2.24) is 4.90 Å². The van der Waals surface area contributed by atoms with Crippen molar-refractivity contribution in [3.05, 3.63) is 35.9 Å². The number of likely N-dealkylation sites (tertiary alicyclic amines) is 1. The van der Waals surface area contributed by atoms with E-state index in [4.69, 9.17) is 5.11 Å². The molecule has 0 spiro atoms. The number of rotatable bonds is 5. The number of aliphatic hydroxyl groups is 1. The highest BCUT2D eigenvalue weighted by atomic mass is 16.3. The van der Waals surface area contributed by atoms with Crippen LogP contribution in [0.4, 0.5) is 0 Å². The summed E-state index contributed by atoms with van der Waals surface area (Å²) < 4.78 is 0. The first-order valence-corrected chi connectivity index (χ1v) is 6.20. The van der Waals surface area contributed by atoms with Crippen molar-refractivity contribution in [3.8, 4) is 0 Å². The first-order chi connectivity index (χ1) is 7.81. The summed E-state index contributed by atoms with van der Waals surface area (Å²) in [5, 5.41) is 8.96. The molecule has 0 amide bonds. The maximum absolute atomic E-state index is 8.96. The summed E-state index contributed by atoms with van der Waals surface area (Å²) in [6, 6.07) is 11.3. The number of aliphatic hydroxyl groups excluding tert-OH is 1. The Hall–Kier alpha value is -0.860. The van der Waals surface area contributed by atoms with Gasteiger partial charge in [-0.1, -0.05) is 37.3 Å². The molecule has 2 unspecified atom stereocenters. The molecular formula is C14H21NO. The molecule has 2 atom stereocenters. The van der Waals surface area contributed by atoms with Crippen LogP contribution in [0.3, 0.4) is 0 Å². The molecule has 0 bridgehead atoms. The summed E-state index contributed by atoms with van der Waals surface area (Å²) in [5.74, 6) is 0.613. The highest BCUT2D eigenvalue weighted by Gasteiger charge is 2.31. The normalized spacial score (nSPS) is 22.8. The Kier molecular flexibility index (Phi) is 3.97. The van der Waals surface area contributed by atoms with Crippen LogP contribution < -0.4 is 0 Å². The Morgan fingerprint density at radius 3 is 2.69 bits per heavy atom. The maximum atomic E-state index is 8.96. The van der Waals surface area contributed by atoms with Crippen molar-refractivity contribution < 1.29 is 5.11 Å². The van der Waals surface area contributed by atoms with Crippen LogP contribution in [0.2, 0.25) is 0 Å². The van der Waals surface area contributed by atoms with Crippen LogP contribution in [-0.4, -0.2) is 29.2 Å². The van der Waals surface area contributed by atoms with Gasteiger partial charge in [0.05, 0.1) is 0 Å². The van der Waals surface area contributed by atoms with Gasteiger partial charge < -0.3 is 5.11 Å². The van der Waals surface area contributed by atoms with Crippen molar-refractivity contribution in [2.45, 2.75) is 32.4 Å². The lowest BCUT2D eigenvalue weighted by Crippen LogP contribution is -2.50. The lowest BCUT2D eigenvalue weighted by Gasteiger charge is -2.44. The van der Waals surface area contributed by atoms with Crippen molar-refractivity contribution in [2.24, 2.45) is 5.92 Å². The van der Waals surface area contributed by atoms with E-state index in [0.717, 1.165) is 13.0 Å². The maximum Gasteiger partial charge on any atom is 0.0434 e. The van der Waals surface area contributed by atoms with Gasteiger partial charge in [-0.15, -0.1) is 0 Å². The summed E-state index contributed by atoms with van der Waals surface area (Å²) >= 11 is 0. The second-order valence-electron chi connectivity index (χ2n) is 4.80. The standard InChI is InChI=1S/C14H21NO/c1-12(8-10-16)14-7-9-15(14)11-13-5-3-2-4-6-13/h2-6,12,14,16H,7-11H2,1H3. The molecule has 0 radical (unpaired) electrons. The van der Waals surface area contributed by atoms with E-state index in [-0.39, 0.29) is 0 Å². The smallest absolute Gasteiger partial charge is 0.0434 e. The molecule has 1 aromatic rings. The van der Waals surface area contributed by atoms with Crippen LogP contribution in [-0.2, 0) is 6.54 Å². The molecule has 2 rings (SSSR count). The average Bonchev–Trinajstić information content (AvgIpc) is 2.26. The number of hydrogen-bond acceptors (Lipinski definition) is 2. The molecule has 0 saturated carbocycles. The zero-order valence-electron chi connectivity index (χ0n) is 9.97. The monoisotopic (exact) mass is 219 g/mol. The Morgan fingerprint density at radius 1 is 1.38 bits per heavy atom. The van der Waals surface area contributed by atoms with E-state index in [1.165, 1.54) is 18.5 Å². The molecule has 0 aromatic heterocycles. The summed E-state index contributed by atoms with van der Waals surface area (Å²) in [5.41, 5.74) is 1.39. The molecule has 2 heteroatoms. The van der Waals surface area contributed by atoms with Gasteiger partial charge in [-0.05, 0) is 24.3 Å². The Balaban J connectivity index is 1.87. The summed E-state index contributed by atoms with van der Waals surface area (Å²) in [4.78, 5) is 2.52. The van der Waals surface area contributed by atoms with Crippen LogP contribution in [0.1, 0.15) is 25.3 Å². The van der Waals surface area contributed by atoms with Crippen molar-refractivity contribution in [2.75, 3.05) is 13.2 Å². The molecule has 1 aliphatic heterocycles. The molecule has 16 heavy (non-hydrogen) atoms. The van der Waals surface area contributed by atoms with E-state index >= 15 is 0 Å². The van der Waals surface area contributed by atoms with Gasteiger partial charge in [0, 0.05) is 25.7 Å². The first kappa shape index (κ1) is 11.6. The number of nitrogens with zero attached hydrogens (tertiary/aromatic N) is 1. The number of hydrogen-bond donors (Lipinski definition) is 1. The second kappa shape index (κ2) is 5.46. The molecule has 1 N–H and O–H groups in total. The minimum Gasteiger partial charge on any atom is -0.396 e. The molecule has 0 aliphatic carbocycles. The average molecular weight is 219 g/mol. The first-order valence-electron chi connectivity index (χ1n) is 6.20. The molecule has 1 aliphatic rings. The Morgan fingerprint density at radius 2 is 2.12 bits per heavy atom.